The Morgan fingerprint density at radius 2 is 2.00 bits per heavy atom. The zero-order valence-electron chi connectivity index (χ0n) is 13.7. The number of benzene rings is 1. The first-order chi connectivity index (χ1) is 11.2. The molecule has 0 amide bonds. The summed E-state index contributed by atoms with van der Waals surface area (Å²) in [5.41, 5.74) is 5.40. The highest BCUT2D eigenvalue weighted by molar-refractivity contribution is 5.74. The molecule has 1 aromatic carbocycles. The van der Waals surface area contributed by atoms with Crippen LogP contribution in [-0.4, -0.2) is 9.55 Å². The van der Waals surface area contributed by atoms with Crippen LogP contribution in [0.5, 0.6) is 0 Å². The molecule has 3 heteroatoms. The number of nitrogens with zero attached hydrogens (tertiary/aromatic N) is 3. The average molecular weight is 303 g/mol. The molecule has 1 heterocycles. The Bertz CT molecular complexity index is 754. The molecule has 2 aromatic rings. The molecule has 0 N–H and O–H groups in total. The minimum Gasteiger partial charge on any atom is -0.306 e. The number of hydrogen-bond acceptors (Lipinski definition) is 2. The van der Waals surface area contributed by atoms with Gasteiger partial charge in [-0.1, -0.05) is 32.6 Å². The van der Waals surface area contributed by atoms with Gasteiger partial charge in [0, 0.05) is 18.1 Å². The van der Waals surface area contributed by atoms with E-state index in [-0.39, 0.29) is 0 Å². The van der Waals surface area contributed by atoms with E-state index in [4.69, 9.17) is 5.26 Å². The van der Waals surface area contributed by atoms with Gasteiger partial charge in [0.1, 0.15) is 0 Å². The second kappa shape index (κ2) is 7.95. The van der Waals surface area contributed by atoms with E-state index in [1.165, 1.54) is 11.1 Å². The second-order valence-corrected chi connectivity index (χ2v) is 5.14. The molecule has 3 nitrogen and oxygen atoms in total. The lowest BCUT2D eigenvalue weighted by Gasteiger charge is -2.12. The normalized spacial score (nSPS) is 12.5. The van der Waals surface area contributed by atoms with E-state index < -0.39 is 0 Å². The molecular formula is C20H21N3. The van der Waals surface area contributed by atoms with E-state index in [0.29, 0.717) is 5.56 Å². The molecule has 23 heavy (non-hydrogen) atoms. The van der Waals surface area contributed by atoms with Gasteiger partial charge in [-0.2, -0.15) is 5.26 Å². The Hall–Kier alpha value is -2.86. The van der Waals surface area contributed by atoms with Crippen molar-refractivity contribution in [2.45, 2.75) is 26.7 Å². The van der Waals surface area contributed by atoms with Gasteiger partial charge in [-0.05, 0) is 53.8 Å². The van der Waals surface area contributed by atoms with Crippen molar-refractivity contribution in [3.63, 3.8) is 0 Å². The summed E-state index contributed by atoms with van der Waals surface area (Å²) < 4.78 is 1.95. The topological polar surface area (TPSA) is 41.6 Å². The van der Waals surface area contributed by atoms with Crippen LogP contribution in [0.4, 0.5) is 0 Å². The first-order valence-corrected chi connectivity index (χ1v) is 7.78. The molecule has 0 saturated carbocycles. The number of aromatic nitrogens is 2. The molecule has 0 fully saturated rings. The highest BCUT2D eigenvalue weighted by Crippen LogP contribution is 2.27. The van der Waals surface area contributed by atoms with Gasteiger partial charge in [-0.3, -0.25) is 0 Å². The summed E-state index contributed by atoms with van der Waals surface area (Å²) in [5.74, 6) is 0. The maximum Gasteiger partial charge on any atom is 0.0991 e. The first kappa shape index (κ1) is 16.5. The van der Waals surface area contributed by atoms with Crippen LogP contribution in [0.2, 0.25) is 0 Å². The molecule has 0 saturated heterocycles. The molecule has 0 aliphatic carbocycles. The third kappa shape index (κ3) is 3.87. The second-order valence-electron chi connectivity index (χ2n) is 5.14. The largest absolute Gasteiger partial charge is 0.306 e. The van der Waals surface area contributed by atoms with Crippen LogP contribution in [0.1, 0.15) is 37.8 Å². The van der Waals surface area contributed by atoms with Crippen molar-refractivity contribution in [2.75, 3.05) is 0 Å². The maximum absolute atomic E-state index is 8.94. The van der Waals surface area contributed by atoms with Gasteiger partial charge in [0.15, 0.2) is 0 Å². The highest BCUT2D eigenvalue weighted by Gasteiger charge is 2.07. The molecular weight excluding hydrogens is 282 g/mol. The van der Waals surface area contributed by atoms with Gasteiger partial charge in [0.05, 0.1) is 18.0 Å². The standard InChI is InChI=1S/C20H21N3/c1-4-17(13-19(5-2)23-12-11-22-15-23)20(6-3)18-9-7-16(14-21)8-10-18/h5,7-13,15H,2,4,6H2,1,3H3/b19-13+,20-17+. The van der Waals surface area contributed by atoms with Crippen LogP contribution in [0.25, 0.3) is 11.3 Å². The van der Waals surface area contributed by atoms with Crippen molar-refractivity contribution in [1.29, 1.82) is 5.26 Å². The summed E-state index contributed by atoms with van der Waals surface area (Å²) in [6, 6.07) is 9.94. The third-order valence-electron chi connectivity index (χ3n) is 3.82. The Labute approximate surface area is 137 Å². The maximum atomic E-state index is 8.94. The quantitative estimate of drug-likeness (QED) is 0.700. The highest BCUT2D eigenvalue weighted by atomic mass is 15.0. The predicted molar refractivity (Wildman–Crippen MR) is 95.4 cm³/mol. The van der Waals surface area contributed by atoms with E-state index in [1.54, 1.807) is 12.5 Å². The smallest absolute Gasteiger partial charge is 0.0991 e. The zero-order chi connectivity index (χ0) is 16.7. The fourth-order valence-corrected chi connectivity index (χ4v) is 2.59. The molecule has 2 rings (SSSR count). The Kier molecular flexibility index (Phi) is 5.71. The van der Waals surface area contributed by atoms with Crippen molar-refractivity contribution >= 4 is 11.3 Å². The van der Waals surface area contributed by atoms with Crippen molar-refractivity contribution < 1.29 is 0 Å². The monoisotopic (exact) mass is 303 g/mol. The van der Waals surface area contributed by atoms with E-state index >= 15 is 0 Å². The predicted octanol–water partition coefficient (Wildman–Crippen LogP) is 5.06. The molecule has 0 spiro atoms. The molecule has 0 bridgehead atoms. The van der Waals surface area contributed by atoms with Gasteiger partial charge in [0.2, 0.25) is 0 Å². The van der Waals surface area contributed by atoms with Crippen LogP contribution in [-0.2, 0) is 0 Å². The van der Waals surface area contributed by atoms with Crippen molar-refractivity contribution in [1.82, 2.24) is 9.55 Å². The van der Waals surface area contributed by atoms with Crippen LogP contribution < -0.4 is 0 Å². The lowest BCUT2D eigenvalue weighted by molar-refractivity contribution is 1.07. The minimum absolute atomic E-state index is 0.683. The van der Waals surface area contributed by atoms with Crippen LogP contribution in [0, 0.1) is 11.3 Å². The summed E-state index contributed by atoms with van der Waals surface area (Å²) >= 11 is 0. The number of allylic oxidation sites excluding steroid dienone is 5. The lowest BCUT2D eigenvalue weighted by atomic mass is 9.94. The van der Waals surface area contributed by atoms with Crippen LogP contribution >= 0.6 is 0 Å². The summed E-state index contributed by atoms with van der Waals surface area (Å²) in [5, 5.41) is 8.94. The zero-order valence-corrected chi connectivity index (χ0v) is 13.7. The van der Waals surface area contributed by atoms with Gasteiger partial charge in [-0.15, -0.1) is 0 Å². The van der Waals surface area contributed by atoms with E-state index in [0.717, 1.165) is 24.1 Å². The molecule has 0 atom stereocenters. The van der Waals surface area contributed by atoms with Crippen molar-refractivity contribution in [3.8, 4) is 6.07 Å². The van der Waals surface area contributed by atoms with Gasteiger partial charge < -0.3 is 4.57 Å². The molecule has 0 aliphatic heterocycles. The average Bonchev–Trinajstić information content (AvgIpc) is 3.13. The fourth-order valence-electron chi connectivity index (χ4n) is 2.59. The van der Waals surface area contributed by atoms with Crippen molar-refractivity contribution in [3.05, 3.63) is 78.4 Å². The van der Waals surface area contributed by atoms with E-state index in [2.05, 4.69) is 37.6 Å². The number of imidazole rings is 1. The van der Waals surface area contributed by atoms with Crippen molar-refractivity contribution in [2.24, 2.45) is 0 Å². The van der Waals surface area contributed by atoms with E-state index in [9.17, 15) is 0 Å². The SMILES string of the molecule is C=C/C(=C\C(CC)=C(/CC)c1ccc(C#N)cc1)n1ccnc1. The number of nitriles is 1. The summed E-state index contributed by atoms with van der Waals surface area (Å²) in [6.45, 7) is 8.22. The van der Waals surface area contributed by atoms with Crippen LogP contribution in [0.15, 0.2) is 67.3 Å². The van der Waals surface area contributed by atoms with Gasteiger partial charge in [-0.25, -0.2) is 4.98 Å². The molecule has 1 aromatic heterocycles. The molecule has 116 valence electrons. The Balaban J connectivity index is 2.50. The number of rotatable bonds is 6. The summed E-state index contributed by atoms with van der Waals surface area (Å²) in [7, 11) is 0. The Morgan fingerprint density at radius 3 is 2.48 bits per heavy atom. The third-order valence-corrected chi connectivity index (χ3v) is 3.82. The van der Waals surface area contributed by atoms with Crippen LogP contribution in [0.3, 0.4) is 0 Å². The Morgan fingerprint density at radius 1 is 1.26 bits per heavy atom. The lowest BCUT2D eigenvalue weighted by Crippen LogP contribution is -1.94. The fraction of sp³-hybridized carbons (Fsp3) is 0.200. The minimum atomic E-state index is 0.683. The van der Waals surface area contributed by atoms with Gasteiger partial charge in [0.25, 0.3) is 0 Å². The first-order valence-electron chi connectivity index (χ1n) is 7.78. The molecule has 0 aliphatic rings. The summed E-state index contributed by atoms with van der Waals surface area (Å²) in [6.07, 6.45) is 11.3. The number of hydrogen-bond donors (Lipinski definition) is 0. The van der Waals surface area contributed by atoms with E-state index in [1.807, 2.05) is 41.1 Å². The molecule has 0 unspecified atom stereocenters. The molecule has 0 radical (unpaired) electrons. The van der Waals surface area contributed by atoms with Gasteiger partial charge >= 0.3 is 0 Å². The summed E-state index contributed by atoms with van der Waals surface area (Å²) in [4.78, 5) is 4.09.